The fourth-order valence-electron chi connectivity index (χ4n) is 1.40. The van der Waals surface area contributed by atoms with Crippen LogP contribution in [0.1, 0.15) is 12.5 Å². The topological polar surface area (TPSA) is 50.7 Å². The monoisotopic (exact) mass is 324 g/mol. The molecule has 0 saturated carbocycles. The standard InChI is InChI=1S/C12H13BrN4S/c1-3-14-11-8(2)12(17-7-16-11)18-10-5-4-9(13)6-15-10/h4-7H,3H2,1-2H3,(H,14,16,17). The fraction of sp³-hybridized carbons (Fsp3) is 0.250. The molecule has 18 heavy (non-hydrogen) atoms. The third-order valence-corrected chi connectivity index (χ3v) is 3.81. The number of hydrogen-bond donors (Lipinski definition) is 1. The average molecular weight is 325 g/mol. The van der Waals surface area contributed by atoms with Crippen molar-refractivity contribution in [1.82, 2.24) is 15.0 Å². The molecule has 4 nitrogen and oxygen atoms in total. The van der Waals surface area contributed by atoms with Gasteiger partial charge in [0.15, 0.2) is 0 Å². The Morgan fingerprint density at radius 3 is 2.78 bits per heavy atom. The SMILES string of the molecule is CCNc1ncnc(Sc2ccc(Br)cn2)c1C. The largest absolute Gasteiger partial charge is 0.370 e. The van der Waals surface area contributed by atoms with Crippen molar-refractivity contribution in [1.29, 1.82) is 0 Å². The predicted octanol–water partition coefficient (Wildman–Crippen LogP) is 3.53. The van der Waals surface area contributed by atoms with Crippen molar-refractivity contribution in [3.63, 3.8) is 0 Å². The Kier molecular flexibility index (Phi) is 4.54. The maximum atomic E-state index is 4.33. The number of rotatable bonds is 4. The number of hydrogen-bond acceptors (Lipinski definition) is 5. The smallest absolute Gasteiger partial charge is 0.133 e. The highest BCUT2D eigenvalue weighted by Crippen LogP contribution is 2.29. The molecule has 0 amide bonds. The first kappa shape index (κ1) is 13.3. The Balaban J connectivity index is 2.23. The number of anilines is 1. The molecule has 2 aromatic rings. The van der Waals surface area contributed by atoms with Gasteiger partial charge in [0.2, 0.25) is 0 Å². The minimum absolute atomic E-state index is 0.846. The first-order valence-corrected chi connectivity index (χ1v) is 7.16. The second-order valence-electron chi connectivity index (χ2n) is 3.60. The molecule has 0 aliphatic rings. The zero-order chi connectivity index (χ0) is 13.0. The van der Waals surface area contributed by atoms with E-state index in [2.05, 4.69) is 36.2 Å². The van der Waals surface area contributed by atoms with Crippen LogP contribution in [0.3, 0.4) is 0 Å². The maximum Gasteiger partial charge on any atom is 0.133 e. The molecule has 0 fully saturated rings. The van der Waals surface area contributed by atoms with Gasteiger partial charge in [-0.2, -0.15) is 0 Å². The van der Waals surface area contributed by atoms with Crippen LogP contribution in [0.2, 0.25) is 0 Å². The van der Waals surface area contributed by atoms with E-state index >= 15 is 0 Å². The van der Waals surface area contributed by atoms with Crippen molar-refractivity contribution >= 4 is 33.5 Å². The summed E-state index contributed by atoms with van der Waals surface area (Å²) in [5, 5.41) is 5.06. The van der Waals surface area contributed by atoms with Crippen molar-refractivity contribution in [3.05, 3.63) is 34.7 Å². The summed E-state index contributed by atoms with van der Waals surface area (Å²) in [5.74, 6) is 0.882. The van der Waals surface area contributed by atoms with Crippen molar-refractivity contribution in [3.8, 4) is 0 Å². The highest BCUT2D eigenvalue weighted by Gasteiger charge is 2.08. The molecule has 0 aromatic carbocycles. The van der Waals surface area contributed by atoms with Crippen LogP contribution in [0.4, 0.5) is 5.82 Å². The lowest BCUT2D eigenvalue weighted by molar-refractivity contribution is 0.985. The molecule has 6 heteroatoms. The summed E-state index contributed by atoms with van der Waals surface area (Å²) in [6.07, 6.45) is 3.36. The van der Waals surface area contributed by atoms with Gasteiger partial charge in [-0.3, -0.25) is 0 Å². The molecule has 0 aliphatic carbocycles. The van der Waals surface area contributed by atoms with Crippen LogP contribution < -0.4 is 5.32 Å². The minimum Gasteiger partial charge on any atom is -0.370 e. The van der Waals surface area contributed by atoms with E-state index in [9.17, 15) is 0 Å². The summed E-state index contributed by atoms with van der Waals surface area (Å²) in [6.45, 7) is 4.91. The quantitative estimate of drug-likeness (QED) is 0.872. The molecule has 94 valence electrons. The number of aromatic nitrogens is 3. The first-order valence-electron chi connectivity index (χ1n) is 5.55. The van der Waals surface area contributed by atoms with Gasteiger partial charge in [-0.05, 0) is 53.7 Å². The van der Waals surface area contributed by atoms with Gasteiger partial charge in [-0.15, -0.1) is 0 Å². The summed E-state index contributed by atoms with van der Waals surface area (Å²) in [4.78, 5) is 12.8. The molecule has 1 N–H and O–H groups in total. The normalized spacial score (nSPS) is 10.4. The summed E-state index contributed by atoms with van der Waals surface area (Å²) in [7, 11) is 0. The van der Waals surface area contributed by atoms with E-state index in [1.165, 1.54) is 11.8 Å². The average Bonchev–Trinajstić information content (AvgIpc) is 2.37. The third-order valence-electron chi connectivity index (χ3n) is 2.28. The van der Waals surface area contributed by atoms with E-state index < -0.39 is 0 Å². The first-order chi connectivity index (χ1) is 8.70. The van der Waals surface area contributed by atoms with E-state index in [1.807, 2.05) is 26.0 Å². The summed E-state index contributed by atoms with van der Waals surface area (Å²) < 4.78 is 0.972. The molecular formula is C12H13BrN4S. The summed E-state index contributed by atoms with van der Waals surface area (Å²) >= 11 is 4.91. The van der Waals surface area contributed by atoms with E-state index in [4.69, 9.17) is 0 Å². The molecule has 0 radical (unpaired) electrons. The van der Waals surface area contributed by atoms with Gasteiger partial charge in [0.1, 0.15) is 22.2 Å². The van der Waals surface area contributed by atoms with E-state index in [-0.39, 0.29) is 0 Å². The van der Waals surface area contributed by atoms with E-state index in [0.717, 1.165) is 32.5 Å². The predicted molar refractivity (Wildman–Crippen MR) is 77.0 cm³/mol. The second-order valence-corrected chi connectivity index (χ2v) is 5.52. The molecule has 2 aromatic heterocycles. The summed E-state index contributed by atoms with van der Waals surface area (Å²) in [6, 6.07) is 3.93. The van der Waals surface area contributed by atoms with E-state index in [1.54, 1.807) is 12.5 Å². The number of nitrogens with zero attached hydrogens (tertiary/aromatic N) is 3. The van der Waals surface area contributed by atoms with Crippen LogP contribution in [0, 0.1) is 6.92 Å². The van der Waals surface area contributed by atoms with Gasteiger partial charge in [-0.1, -0.05) is 0 Å². The highest BCUT2D eigenvalue weighted by atomic mass is 79.9. The lowest BCUT2D eigenvalue weighted by Gasteiger charge is -2.09. The Labute approximate surface area is 119 Å². The second kappa shape index (κ2) is 6.15. The Hall–Kier alpha value is -1.14. The van der Waals surface area contributed by atoms with Gasteiger partial charge >= 0.3 is 0 Å². The molecule has 0 spiro atoms. The molecule has 0 bridgehead atoms. The molecule has 0 saturated heterocycles. The van der Waals surface area contributed by atoms with Crippen LogP contribution in [0.15, 0.2) is 39.2 Å². The van der Waals surface area contributed by atoms with Gasteiger partial charge in [0, 0.05) is 22.8 Å². The minimum atomic E-state index is 0.846. The van der Waals surface area contributed by atoms with Crippen molar-refractivity contribution in [2.24, 2.45) is 0 Å². The van der Waals surface area contributed by atoms with Gasteiger partial charge in [-0.25, -0.2) is 15.0 Å². The van der Waals surface area contributed by atoms with Gasteiger partial charge in [0.05, 0.1) is 0 Å². The molecule has 0 atom stereocenters. The molecule has 0 unspecified atom stereocenters. The van der Waals surface area contributed by atoms with Crippen molar-refractivity contribution < 1.29 is 0 Å². The highest BCUT2D eigenvalue weighted by molar-refractivity contribution is 9.10. The Morgan fingerprint density at radius 2 is 2.11 bits per heavy atom. The van der Waals surface area contributed by atoms with Gasteiger partial charge < -0.3 is 5.32 Å². The number of nitrogens with one attached hydrogen (secondary N) is 1. The van der Waals surface area contributed by atoms with Crippen LogP contribution in [0.5, 0.6) is 0 Å². The van der Waals surface area contributed by atoms with Crippen LogP contribution in [-0.2, 0) is 0 Å². The van der Waals surface area contributed by atoms with Crippen molar-refractivity contribution in [2.75, 3.05) is 11.9 Å². The fourth-order valence-corrected chi connectivity index (χ4v) is 2.43. The third kappa shape index (κ3) is 3.20. The van der Waals surface area contributed by atoms with Gasteiger partial charge in [0.25, 0.3) is 0 Å². The van der Waals surface area contributed by atoms with Crippen LogP contribution in [-0.4, -0.2) is 21.5 Å². The number of halogens is 1. The zero-order valence-electron chi connectivity index (χ0n) is 10.1. The Morgan fingerprint density at radius 1 is 1.28 bits per heavy atom. The lowest BCUT2D eigenvalue weighted by atomic mass is 10.3. The Bertz CT molecular complexity index is 530. The van der Waals surface area contributed by atoms with Crippen LogP contribution >= 0.6 is 27.7 Å². The lowest BCUT2D eigenvalue weighted by Crippen LogP contribution is -2.03. The molecule has 0 aliphatic heterocycles. The van der Waals surface area contributed by atoms with Crippen molar-refractivity contribution in [2.45, 2.75) is 23.9 Å². The van der Waals surface area contributed by atoms with E-state index in [0.29, 0.717) is 0 Å². The maximum absolute atomic E-state index is 4.33. The number of pyridine rings is 1. The van der Waals surface area contributed by atoms with Crippen LogP contribution in [0.25, 0.3) is 0 Å². The summed E-state index contributed by atoms with van der Waals surface area (Å²) in [5.41, 5.74) is 1.05. The zero-order valence-corrected chi connectivity index (χ0v) is 12.5. The molecular weight excluding hydrogens is 312 g/mol. The molecule has 2 rings (SSSR count). The molecule has 2 heterocycles.